The summed E-state index contributed by atoms with van der Waals surface area (Å²) >= 11 is 9.48. The second-order valence-electron chi connectivity index (χ2n) is 8.27. The van der Waals surface area contributed by atoms with E-state index in [-0.39, 0.29) is 24.2 Å². The molecule has 1 aliphatic carbocycles. The number of aromatic nitrogens is 2. The molecule has 2 atom stereocenters. The van der Waals surface area contributed by atoms with E-state index in [1.807, 2.05) is 11.9 Å². The lowest BCUT2D eigenvalue weighted by atomic mass is 10.0. The molecule has 2 fully saturated rings. The summed E-state index contributed by atoms with van der Waals surface area (Å²) in [7, 11) is 1.85. The summed E-state index contributed by atoms with van der Waals surface area (Å²) in [6.07, 6.45) is 1.90. The van der Waals surface area contributed by atoms with Crippen molar-refractivity contribution in [3.63, 3.8) is 0 Å². The van der Waals surface area contributed by atoms with Crippen molar-refractivity contribution >= 4 is 35.9 Å². The van der Waals surface area contributed by atoms with Crippen molar-refractivity contribution in [2.45, 2.75) is 31.6 Å². The summed E-state index contributed by atoms with van der Waals surface area (Å²) in [5.41, 5.74) is 5.60. The molecule has 0 bridgehead atoms. The van der Waals surface area contributed by atoms with Crippen LogP contribution in [-0.2, 0) is 12.7 Å². The van der Waals surface area contributed by atoms with Gasteiger partial charge in [0.2, 0.25) is 0 Å². The van der Waals surface area contributed by atoms with Crippen molar-refractivity contribution < 1.29 is 18.0 Å². The molecule has 2 aliphatic rings. The Bertz CT molecular complexity index is 940. The number of hydrogen-bond donors (Lipinski definition) is 2. The van der Waals surface area contributed by atoms with Gasteiger partial charge in [0.25, 0.3) is 0 Å². The minimum absolute atomic E-state index is 0.165. The van der Waals surface area contributed by atoms with Crippen molar-refractivity contribution in [1.82, 2.24) is 19.6 Å². The van der Waals surface area contributed by atoms with E-state index >= 15 is 0 Å². The molecule has 32 heavy (non-hydrogen) atoms. The molecule has 2 unspecified atom stereocenters. The Morgan fingerprint density at radius 1 is 1.28 bits per heavy atom. The number of likely N-dealkylation sites (tertiary alicyclic amines) is 1. The SMILES string of the molecule is CN(Cc1cc(Cl)ccc1C(F)(F)F)C1CC2CN(C(=O)n3cc(N)cn3)CC2C1.CS. The Balaban J connectivity index is 0.00000141. The number of nitrogens with zero attached hydrogens (tertiary/aromatic N) is 4. The maximum atomic E-state index is 13.3. The number of benzene rings is 1. The van der Waals surface area contributed by atoms with Gasteiger partial charge in [0.05, 0.1) is 23.6 Å². The van der Waals surface area contributed by atoms with Crippen LogP contribution in [0.25, 0.3) is 0 Å². The van der Waals surface area contributed by atoms with Crippen molar-refractivity contribution in [3.05, 3.63) is 46.7 Å². The minimum Gasteiger partial charge on any atom is -0.396 e. The van der Waals surface area contributed by atoms with Gasteiger partial charge in [-0.15, -0.1) is 0 Å². The van der Waals surface area contributed by atoms with Crippen molar-refractivity contribution in [1.29, 1.82) is 0 Å². The van der Waals surface area contributed by atoms with Gasteiger partial charge in [-0.3, -0.25) is 4.90 Å². The van der Waals surface area contributed by atoms with Crippen LogP contribution in [0.2, 0.25) is 5.02 Å². The number of nitrogens with two attached hydrogens (primary N) is 1. The first-order valence-electron chi connectivity index (χ1n) is 10.2. The average Bonchev–Trinajstić information content (AvgIpc) is 3.42. The van der Waals surface area contributed by atoms with E-state index in [0.29, 0.717) is 35.6 Å². The highest BCUT2D eigenvalue weighted by atomic mass is 35.5. The van der Waals surface area contributed by atoms with E-state index in [9.17, 15) is 18.0 Å². The molecule has 0 radical (unpaired) electrons. The van der Waals surface area contributed by atoms with Gasteiger partial charge in [-0.1, -0.05) is 11.6 Å². The normalized spacial score (nSPS) is 22.6. The molecule has 4 rings (SSSR count). The zero-order valence-corrected chi connectivity index (χ0v) is 19.5. The van der Waals surface area contributed by atoms with Gasteiger partial charge in [-0.05, 0) is 61.7 Å². The molecular formula is C21H27ClF3N5OS. The number of carbonyl (C=O) groups excluding carboxylic acids is 1. The highest BCUT2D eigenvalue weighted by molar-refractivity contribution is 7.79. The van der Waals surface area contributed by atoms with Crippen LogP contribution in [0.3, 0.4) is 0 Å². The zero-order chi connectivity index (χ0) is 23.6. The molecule has 2 aromatic rings. The molecule has 2 heterocycles. The average molecular weight is 490 g/mol. The molecule has 1 saturated heterocycles. The van der Waals surface area contributed by atoms with E-state index in [2.05, 4.69) is 17.7 Å². The fourth-order valence-corrected chi connectivity index (χ4v) is 4.93. The first-order chi connectivity index (χ1) is 15.1. The molecule has 11 heteroatoms. The molecule has 0 spiro atoms. The van der Waals surface area contributed by atoms with Crippen LogP contribution in [0.4, 0.5) is 23.7 Å². The van der Waals surface area contributed by atoms with Gasteiger partial charge in [-0.25, -0.2) is 4.79 Å². The lowest BCUT2D eigenvalue weighted by molar-refractivity contribution is -0.138. The molecule has 1 aromatic heterocycles. The third kappa shape index (κ3) is 5.35. The van der Waals surface area contributed by atoms with Crippen LogP contribution in [0.5, 0.6) is 0 Å². The number of hydrogen-bond acceptors (Lipinski definition) is 5. The van der Waals surface area contributed by atoms with Crippen LogP contribution in [0.15, 0.2) is 30.6 Å². The molecule has 1 aromatic carbocycles. The highest BCUT2D eigenvalue weighted by Crippen LogP contribution is 2.41. The van der Waals surface area contributed by atoms with Gasteiger partial charge in [0, 0.05) is 30.7 Å². The fourth-order valence-electron chi connectivity index (χ4n) is 4.74. The summed E-state index contributed by atoms with van der Waals surface area (Å²) in [5.74, 6) is 0.659. The summed E-state index contributed by atoms with van der Waals surface area (Å²) in [6.45, 7) is 1.42. The molecule has 176 valence electrons. The van der Waals surface area contributed by atoms with Gasteiger partial charge in [-0.2, -0.15) is 35.6 Å². The number of halogens is 4. The first kappa shape index (κ1) is 24.7. The number of nitrogen functional groups attached to an aromatic ring is 1. The molecule has 1 aliphatic heterocycles. The van der Waals surface area contributed by atoms with Gasteiger partial charge < -0.3 is 10.6 Å². The van der Waals surface area contributed by atoms with E-state index in [1.54, 1.807) is 11.2 Å². The topological polar surface area (TPSA) is 67.4 Å². The molecule has 6 nitrogen and oxygen atoms in total. The smallest absolute Gasteiger partial charge is 0.396 e. The van der Waals surface area contributed by atoms with E-state index in [0.717, 1.165) is 18.9 Å². The Morgan fingerprint density at radius 3 is 2.44 bits per heavy atom. The monoisotopic (exact) mass is 489 g/mol. The number of amides is 1. The summed E-state index contributed by atoms with van der Waals surface area (Å²) in [6, 6.07) is 3.68. The largest absolute Gasteiger partial charge is 0.416 e. The number of alkyl halides is 3. The van der Waals surface area contributed by atoms with Gasteiger partial charge >= 0.3 is 12.2 Å². The number of fused-ring (bicyclic) bond motifs is 1. The highest BCUT2D eigenvalue weighted by Gasteiger charge is 2.44. The Kier molecular flexibility index (Phi) is 7.67. The summed E-state index contributed by atoms with van der Waals surface area (Å²) in [4.78, 5) is 16.3. The van der Waals surface area contributed by atoms with Crippen molar-refractivity contribution in [2.24, 2.45) is 11.8 Å². The van der Waals surface area contributed by atoms with Crippen LogP contribution in [-0.4, -0.2) is 58.0 Å². The second kappa shape index (κ2) is 9.93. The number of carbonyl (C=O) groups is 1. The van der Waals surface area contributed by atoms with Crippen LogP contribution in [0.1, 0.15) is 24.0 Å². The number of rotatable bonds is 3. The number of anilines is 1. The summed E-state index contributed by atoms with van der Waals surface area (Å²) in [5, 5.41) is 4.26. The summed E-state index contributed by atoms with van der Waals surface area (Å²) < 4.78 is 41.3. The van der Waals surface area contributed by atoms with Crippen LogP contribution >= 0.6 is 24.2 Å². The fraction of sp³-hybridized carbons (Fsp3) is 0.524. The molecule has 2 N–H and O–H groups in total. The number of thiol groups is 1. The lowest BCUT2D eigenvalue weighted by Gasteiger charge is -2.27. The maximum Gasteiger partial charge on any atom is 0.416 e. The van der Waals surface area contributed by atoms with Crippen molar-refractivity contribution in [3.8, 4) is 0 Å². The van der Waals surface area contributed by atoms with E-state index < -0.39 is 11.7 Å². The van der Waals surface area contributed by atoms with Crippen LogP contribution in [0, 0.1) is 11.8 Å². The molecule has 1 amide bonds. The Morgan fingerprint density at radius 2 is 1.91 bits per heavy atom. The molecule has 1 saturated carbocycles. The third-order valence-electron chi connectivity index (χ3n) is 6.21. The zero-order valence-electron chi connectivity index (χ0n) is 17.9. The van der Waals surface area contributed by atoms with Crippen LogP contribution < -0.4 is 5.73 Å². The Hall–Kier alpha value is -1.91. The predicted octanol–water partition coefficient (Wildman–Crippen LogP) is 4.49. The maximum absolute atomic E-state index is 13.3. The second-order valence-corrected chi connectivity index (χ2v) is 8.70. The lowest BCUT2D eigenvalue weighted by Crippen LogP contribution is -2.36. The van der Waals surface area contributed by atoms with E-state index in [1.165, 1.54) is 29.2 Å². The van der Waals surface area contributed by atoms with Gasteiger partial charge in [0.15, 0.2) is 0 Å². The quantitative estimate of drug-likeness (QED) is 0.623. The third-order valence-corrected chi connectivity index (χ3v) is 6.45. The standard InChI is InChI=1S/C20H23ClF3N5O.CH4S/c1-27(8-14-4-15(21)2-3-18(14)20(22,23)24)17-5-12-9-28(10-13(12)6-17)19(30)29-11-16(25)7-26-29;1-2/h2-4,7,11-13,17H,5-6,8-10,25H2,1H3;2H,1H3. The first-order valence-corrected chi connectivity index (χ1v) is 11.5. The van der Waals surface area contributed by atoms with E-state index in [4.69, 9.17) is 17.3 Å². The predicted molar refractivity (Wildman–Crippen MR) is 122 cm³/mol. The molecular weight excluding hydrogens is 463 g/mol. The van der Waals surface area contributed by atoms with Gasteiger partial charge in [0.1, 0.15) is 0 Å². The minimum atomic E-state index is -4.41. The Labute approximate surface area is 195 Å². The van der Waals surface area contributed by atoms with Crippen molar-refractivity contribution in [2.75, 3.05) is 32.1 Å².